The first-order valence-electron chi connectivity index (χ1n) is 8.77. The van der Waals surface area contributed by atoms with Crippen molar-refractivity contribution >= 4 is 12.0 Å². The van der Waals surface area contributed by atoms with Gasteiger partial charge in [0.15, 0.2) is 11.5 Å². The number of benzene rings is 2. The van der Waals surface area contributed by atoms with Gasteiger partial charge in [0.2, 0.25) is 5.91 Å². The summed E-state index contributed by atoms with van der Waals surface area (Å²) >= 11 is 0. The molecule has 0 fully saturated rings. The maximum Gasteiger partial charge on any atom is 0.246 e. The van der Waals surface area contributed by atoms with Gasteiger partial charge in [-0.05, 0) is 35.3 Å². The zero-order chi connectivity index (χ0) is 18.9. The summed E-state index contributed by atoms with van der Waals surface area (Å²) in [5.74, 6) is 1.77. The first-order valence-corrected chi connectivity index (χ1v) is 8.77. The highest BCUT2D eigenvalue weighted by Gasteiger charge is 2.08. The smallest absolute Gasteiger partial charge is 0.246 e. The molecule has 2 aromatic carbocycles. The van der Waals surface area contributed by atoms with E-state index in [2.05, 4.69) is 13.8 Å². The minimum Gasteiger partial charge on any atom is -0.493 e. The Kier molecular flexibility index (Phi) is 7.27. The van der Waals surface area contributed by atoms with E-state index >= 15 is 0 Å². The Morgan fingerprint density at radius 1 is 1.12 bits per heavy atom. The van der Waals surface area contributed by atoms with Crippen molar-refractivity contribution in [2.45, 2.75) is 20.4 Å². The molecule has 0 heterocycles. The lowest BCUT2D eigenvalue weighted by atomic mass is 10.1. The van der Waals surface area contributed by atoms with Crippen LogP contribution in [-0.4, -0.2) is 31.6 Å². The minimum atomic E-state index is -0.0482. The van der Waals surface area contributed by atoms with E-state index in [-0.39, 0.29) is 5.91 Å². The maximum atomic E-state index is 12.3. The van der Waals surface area contributed by atoms with Crippen LogP contribution >= 0.6 is 0 Å². The molecule has 26 heavy (non-hydrogen) atoms. The predicted molar refractivity (Wildman–Crippen MR) is 105 cm³/mol. The SMILES string of the molecule is COc1cc(/C=C/C(=O)N(C)Cc2ccccc2)ccc1OCC(C)C. The molecule has 0 saturated carbocycles. The van der Waals surface area contributed by atoms with Crippen LogP contribution < -0.4 is 9.47 Å². The molecule has 0 aliphatic rings. The molecular formula is C22H27NO3. The fourth-order valence-corrected chi connectivity index (χ4v) is 2.39. The van der Waals surface area contributed by atoms with Gasteiger partial charge in [0.25, 0.3) is 0 Å². The van der Waals surface area contributed by atoms with Crippen LogP contribution in [-0.2, 0) is 11.3 Å². The number of carbonyl (C=O) groups is 1. The van der Waals surface area contributed by atoms with Crippen molar-refractivity contribution in [3.05, 3.63) is 65.7 Å². The van der Waals surface area contributed by atoms with Crippen LogP contribution in [0.25, 0.3) is 6.08 Å². The minimum absolute atomic E-state index is 0.0482. The molecule has 0 aliphatic heterocycles. The Balaban J connectivity index is 2.01. The predicted octanol–water partition coefficient (Wildman–Crippen LogP) is 4.40. The van der Waals surface area contributed by atoms with E-state index in [0.29, 0.717) is 30.6 Å². The Bertz CT molecular complexity index is 738. The molecule has 0 aliphatic carbocycles. The molecule has 0 N–H and O–H groups in total. The zero-order valence-electron chi connectivity index (χ0n) is 15.9. The van der Waals surface area contributed by atoms with E-state index in [1.165, 1.54) is 0 Å². The lowest BCUT2D eigenvalue weighted by Crippen LogP contribution is -2.24. The molecule has 0 aromatic heterocycles. The van der Waals surface area contributed by atoms with E-state index in [4.69, 9.17) is 9.47 Å². The van der Waals surface area contributed by atoms with Crippen LogP contribution in [0.5, 0.6) is 11.5 Å². The van der Waals surface area contributed by atoms with E-state index in [0.717, 1.165) is 11.1 Å². The topological polar surface area (TPSA) is 38.8 Å². The molecule has 0 saturated heterocycles. The molecule has 1 amide bonds. The number of carbonyl (C=O) groups excluding carboxylic acids is 1. The van der Waals surface area contributed by atoms with E-state index in [1.807, 2.05) is 48.5 Å². The number of nitrogens with zero attached hydrogens (tertiary/aromatic N) is 1. The lowest BCUT2D eigenvalue weighted by Gasteiger charge is -2.15. The van der Waals surface area contributed by atoms with Gasteiger partial charge in [-0.15, -0.1) is 0 Å². The summed E-state index contributed by atoms with van der Waals surface area (Å²) in [6.07, 6.45) is 3.37. The van der Waals surface area contributed by atoms with Crippen LogP contribution in [0.4, 0.5) is 0 Å². The monoisotopic (exact) mass is 353 g/mol. The van der Waals surface area contributed by atoms with Crippen molar-refractivity contribution in [3.63, 3.8) is 0 Å². The fourth-order valence-electron chi connectivity index (χ4n) is 2.39. The van der Waals surface area contributed by atoms with Gasteiger partial charge in [-0.25, -0.2) is 0 Å². The Hall–Kier alpha value is -2.75. The van der Waals surface area contributed by atoms with E-state index < -0.39 is 0 Å². The average Bonchev–Trinajstić information content (AvgIpc) is 2.65. The molecule has 4 heteroatoms. The number of hydrogen-bond donors (Lipinski definition) is 0. The Morgan fingerprint density at radius 3 is 2.50 bits per heavy atom. The second-order valence-electron chi connectivity index (χ2n) is 6.63. The van der Waals surface area contributed by atoms with Gasteiger partial charge >= 0.3 is 0 Å². The van der Waals surface area contributed by atoms with Gasteiger partial charge < -0.3 is 14.4 Å². The molecule has 4 nitrogen and oxygen atoms in total. The van der Waals surface area contributed by atoms with Crippen molar-refractivity contribution in [1.82, 2.24) is 4.90 Å². The maximum absolute atomic E-state index is 12.3. The summed E-state index contributed by atoms with van der Waals surface area (Å²) in [5, 5.41) is 0. The standard InChI is InChI=1S/C22H27NO3/c1-17(2)16-26-20-12-10-18(14-21(20)25-4)11-13-22(24)23(3)15-19-8-6-5-7-9-19/h5-14,17H,15-16H2,1-4H3/b13-11+. The number of amides is 1. The van der Waals surface area contributed by atoms with Crippen LogP contribution in [0, 0.1) is 5.92 Å². The molecule has 0 bridgehead atoms. The largest absolute Gasteiger partial charge is 0.493 e. The zero-order valence-corrected chi connectivity index (χ0v) is 15.9. The molecule has 0 unspecified atom stereocenters. The van der Waals surface area contributed by atoms with Gasteiger partial charge in [0.05, 0.1) is 13.7 Å². The van der Waals surface area contributed by atoms with E-state index in [9.17, 15) is 4.79 Å². The van der Waals surface area contributed by atoms with Crippen LogP contribution in [0.15, 0.2) is 54.6 Å². The second kappa shape index (κ2) is 9.66. The third-order valence-electron chi connectivity index (χ3n) is 3.82. The summed E-state index contributed by atoms with van der Waals surface area (Å²) in [6, 6.07) is 15.6. The highest BCUT2D eigenvalue weighted by Crippen LogP contribution is 2.29. The normalized spacial score (nSPS) is 11.0. The van der Waals surface area contributed by atoms with Crippen molar-refractivity contribution in [3.8, 4) is 11.5 Å². The number of hydrogen-bond acceptors (Lipinski definition) is 3. The third-order valence-corrected chi connectivity index (χ3v) is 3.82. The van der Waals surface area contributed by atoms with Gasteiger partial charge in [-0.2, -0.15) is 0 Å². The molecule has 0 radical (unpaired) electrons. The summed E-state index contributed by atoms with van der Waals surface area (Å²) in [4.78, 5) is 14.0. The van der Waals surface area contributed by atoms with Gasteiger partial charge in [-0.1, -0.05) is 50.2 Å². The third kappa shape index (κ3) is 5.96. The summed E-state index contributed by atoms with van der Waals surface area (Å²) in [7, 11) is 3.41. The number of methoxy groups -OCH3 is 1. The van der Waals surface area contributed by atoms with Crippen molar-refractivity contribution in [2.24, 2.45) is 5.92 Å². The molecule has 0 atom stereocenters. The molecule has 2 rings (SSSR count). The number of ether oxygens (including phenoxy) is 2. The first kappa shape index (κ1) is 19.6. The van der Waals surface area contributed by atoms with Gasteiger partial charge in [0.1, 0.15) is 0 Å². The van der Waals surface area contributed by atoms with E-state index in [1.54, 1.807) is 31.2 Å². The van der Waals surface area contributed by atoms with Crippen LogP contribution in [0.1, 0.15) is 25.0 Å². The van der Waals surface area contributed by atoms with Crippen LogP contribution in [0.3, 0.4) is 0 Å². The Morgan fingerprint density at radius 2 is 1.85 bits per heavy atom. The summed E-state index contributed by atoms with van der Waals surface area (Å²) in [5.41, 5.74) is 1.99. The van der Waals surface area contributed by atoms with Crippen LogP contribution in [0.2, 0.25) is 0 Å². The number of rotatable bonds is 8. The van der Waals surface area contributed by atoms with Crippen molar-refractivity contribution < 1.29 is 14.3 Å². The highest BCUT2D eigenvalue weighted by molar-refractivity contribution is 5.91. The highest BCUT2D eigenvalue weighted by atomic mass is 16.5. The van der Waals surface area contributed by atoms with Crippen molar-refractivity contribution in [1.29, 1.82) is 0 Å². The fraction of sp³-hybridized carbons (Fsp3) is 0.318. The molecular weight excluding hydrogens is 326 g/mol. The molecule has 0 spiro atoms. The second-order valence-corrected chi connectivity index (χ2v) is 6.63. The van der Waals surface area contributed by atoms with Gasteiger partial charge in [0, 0.05) is 19.7 Å². The summed E-state index contributed by atoms with van der Waals surface area (Å²) < 4.78 is 11.1. The number of likely N-dealkylation sites (N-methyl/N-ethyl adjacent to an activating group) is 1. The molecule has 138 valence electrons. The lowest BCUT2D eigenvalue weighted by molar-refractivity contribution is -0.125. The quantitative estimate of drug-likeness (QED) is 0.660. The Labute approximate surface area is 156 Å². The van der Waals surface area contributed by atoms with Crippen molar-refractivity contribution in [2.75, 3.05) is 20.8 Å². The first-order chi connectivity index (χ1) is 12.5. The average molecular weight is 353 g/mol. The summed E-state index contributed by atoms with van der Waals surface area (Å²) in [6.45, 7) is 5.41. The van der Waals surface area contributed by atoms with Gasteiger partial charge in [-0.3, -0.25) is 4.79 Å². The molecule has 2 aromatic rings.